The molecule has 2 atom stereocenters. The second kappa shape index (κ2) is 5.80. The maximum absolute atomic E-state index is 5.75. The topological polar surface area (TPSA) is 34.2 Å². The molecule has 1 aliphatic rings. The van der Waals surface area contributed by atoms with Crippen molar-refractivity contribution in [3.05, 3.63) is 36.0 Å². The normalized spacial score (nSPS) is 22.9. The fraction of sp³-hybridized carbons (Fsp3) is 0.471. The van der Waals surface area contributed by atoms with Gasteiger partial charge in [0.1, 0.15) is 0 Å². The van der Waals surface area contributed by atoms with Crippen LogP contribution in [0.2, 0.25) is 0 Å². The second-order valence-corrected chi connectivity index (χ2v) is 5.60. The van der Waals surface area contributed by atoms with Crippen molar-refractivity contribution in [3.63, 3.8) is 0 Å². The highest BCUT2D eigenvalue weighted by molar-refractivity contribution is 5.90. The van der Waals surface area contributed by atoms with Crippen molar-refractivity contribution in [1.82, 2.24) is 4.98 Å². The molecule has 2 unspecified atom stereocenters. The molecule has 0 spiro atoms. The summed E-state index contributed by atoms with van der Waals surface area (Å²) in [4.78, 5) is 4.69. The number of aryl methyl sites for hydroxylation is 1. The summed E-state index contributed by atoms with van der Waals surface area (Å²) < 4.78 is 5.75. The molecule has 0 saturated carbocycles. The Hall–Kier alpha value is -1.61. The third kappa shape index (κ3) is 2.78. The first-order valence-electron chi connectivity index (χ1n) is 7.51. The number of pyridine rings is 1. The minimum atomic E-state index is 0.394. The number of nitrogens with one attached hydrogen (secondary N) is 1. The van der Waals surface area contributed by atoms with Crippen LogP contribution in [0.15, 0.2) is 30.3 Å². The van der Waals surface area contributed by atoms with E-state index in [1.165, 1.54) is 5.39 Å². The van der Waals surface area contributed by atoms with E-state index in [9.17, 15) is 0 Å². The number of fused-ring (bicyclic) bond motifs is 1. The Morgan fingerprint density at radius 3 is 3.05 bits per heavy atom. The van der Waals surface area contributed by atoms with Gasteiger partial charge in [-0.05, 0) is 38.3 Å². The third-order valence-electron chi connectivity index (χ3n) is 4.04. The molecule has 3 heteroatoms. The molecule has 0 bridgehead atoms. The van der Waals surface area contributed by atoms with Crippen molar-refractivity contribution >= 4 is 16.6 Å². The minimum absolute atomic E-state index is 0.394. The minimum Gasteiger partial charge on any atom is -0.380 e. The lowest BCUT2D eigenvalue weighted by atomic mass is 10.0. The summed E-state index contributed by atoms with van der Waals surface area (Å²) in [6, 6.07) is 11.0. The average Bonchev–Trinajstić information content (AvgIpc) is 2.48. The first kappa shape index (κ1) is 13.4. The van der Waals surface area contributed by atoms with Gasteiger partial charge in [0, 0.05) is 23.7 Å². The number of aromatic nitrogens is 1. The van der Waals surface area contributed by atoms with Crippen molar-refractivity contribution < 1.29 is 4.74 Å². The quantitative estimate of drug-likeness (QED) is 0.918. The molecular formula is C17H22N2O. The SMILES string of the molecule is CCC1CC(Nc2cccc3ccc(C)nc23)CCO1. The van der Waals surface area contributed by atoms with Gasteiger partial charge < -0.3 is 10.1 Å². The van der Waals surface area contributed by atoms with Crippen LogP contribution in [-0.4, -0.2) is 23.7 Å². The maximum atomic E-state index is 5.75. The monoisotopic (exact) mass is 270 g/mol. The van der Waals surface area contributed by atoms with Crippen LogP contribution >= 0.6 is 0 Å². The van der Waals surface area contributed by atoms with Crippen LogP contribution < -0.4 is 5.32 Å². The van der Waals surface area contributed by atoms with Gasteiger partial charge in [0.15, 0.2) is 0 Å². The van der Waals surface area contributed by atoms with Gasteiger partial charge in [0.25, 0.3) is 0 Å². The molecule has 1 fully saturated rings. The van der Waals surface area contributed by atoms with E-state index in [1.54, 1.807) is 0 Å². The molecule has 1 aliphatic heterocycles. The predicted octanol–water partition coefficient (Wildman–Crippen LogP) is 3.91. The summed E-state index contributed by atoms with van der Waals surface area (Å²) >= 11 is 0. The fourth-order valence-electron chi connectivity index (χ4n) is 2.88. The summed E-state index contributed by atoms with van der Waals surface area (Å²) in [5, 5.41) is 4.87. The molecule has 0 amide bonds. The zero-order chi connectivity index (χ0) is 13.9. The van der Waals surface area contributed by atoms with Crippen LogP contribution in [0.3, 0.4) is 0 Å². The molecule has 0 radical (unpaired) electrons. The van der Waals surface area contributed by atoms with Gasteiger partial charge >= 0.3 is 0 Å². The zero-order valence-electron chi connectivity index (χ0n) is 12.2. The molecule has 1 saturated heterocycles. The molecule has 20 heavy (non-hydrogen) atoms. The number of hydrogen-bond acceptors (Lipinski definition) is 3. The standard InChI is InChI=1S/C17H22N2O/c1-3-15-11-14(9-10-20-15)19-16-6-4-5-13-8-7-12(2)18-17(13)16/h4-8,14-15,19H,3,9-11H2,1-2H3. The van der Waals surface area contributed by atoms with E-state index in [2.05, 4.69) is 47.6 Å². The highest BCUT2D eigenvalue weighted by Gasteiger charge is 2.21. The number of hydrogen-bond donors (Lipinski definition) is 1. The van der Waals surface area contributed by atoms with Crippen LogP contribution in [-0.2, 0) is 4.74 Å². The van der Waals surface area contributed by atoms with Gasteiger partial charge in [-0.1, -0.05) is 25.1 Å². The number of rotatable bonds is 3. The Morgan fingerprint density at radius 1 is 1.30 bits per heavy atom. The van der Waals surface area contributed by atoms with Gasteiger partial charge in [-0.25, -0.2) is 0 Å². The van der Waals surface area contributed by atoms with Gasteiger partial charge in [-0.3, -0.25) is 4.98 Å². The highest BCUT2D eigenvalue weighted by Crippen LogP contribution is 2.25. The van der Waals surface area contributed by atoms with Gasteiger partial charge in [-0.2, -0.15) is 0 Å². The lowest BCUT2D eigenvalue weighted by Crippen LogP contribution is -2.33. The predicted molar refractivity (Wildman–Crippen MR) is 83.2 cm³/mol. The Balaban J connectivity index is 1.85. The maximum Gasteiger partial charge on any atom is 0.0936 e. The number of ether oxygens (including phenoxy) is 1. The molecule has 1 aromatic heterocycles. The van der Waals surface area contributed by atoms with Crippen molar-refractivity contribution in [2.45, 2.75) is 45.3 Å². The molecule has 0 aliphatic carbocycles. The van der Waals surface area contributed by atoms with E-state index in [0.29, 0.717) is 12.1 Å². The molecule has 1 aromatic carbocycles. The zero-order valence-corrected chi connectivity index (χ0v) is 12.2. The van der Waals surface area contributed by atoms with Crippen molar-refractivity contribution in [3.8, 4) is 0 Å². The summed E-state index contributed by atoms with van der Waals surface area (Å²) in [7, 11) is 0. The van der Waals surface area contributed by atoms with Crippen LogP contribution in [0, 0.1) is 6.92 Å². The van der Waals surface area contributed by atoms with E-state index < -0.39 is 0 Å². The van der Waals surface area contributed by atoms with Crippen molar-refractivity contribution in [2.75, 3.05) is 11.9 Å². The van der Waals surface area contributed by atoms with Gasteiger partial charge in [0.05, 0.1) is 17.3 Å². The van der Waals surface area contributed by atoms with E-state index in [1.807, 2.05) is 6.92 Å². The largest absolute Gasteiger partial charge is 0.380 e. The third-order valence-corrected chi connectivity index (χ3v) is 4.04. The summed E-state index contributed by atoms with van der Waals surface area (Å²) in [5.41, 5.74) is 3.28. The van der Waals surface area contributed by atoms with Gasteiger partial charge in [0.2, 0.25) is 0 Å². The molecule has 2 heterocycles. The summed E-state index contributed by atoms with van der Waals surface area (Å²) in [6.07, 6.45) is 3.63. The van der Waals surface area contributed by atoms with Crippen LogP contribution in [0.1, 0.15) is 31.9 Å². The van der Waals surface area contributed by atoms with E-state index in [-0.39, 0.29) is 0 Å². The Bertz CT molecular complexity index is 597. The molecule has 2 aromatic rings. The van der Waals surface area contributed by atoms with Crippen molar-refractivity contribution in [1.29, 1.82) is 0 Å². The number of nitrogens with zero attached hydrogens (tertiary/aromatic N) is 1. The number of anilines is 1. The Labute approximate surface area is 120 Å². The summed E-state index contributed by atoms with van der Waals surface area (Å²) in [5.74, 6) is 0. The highest BCUT2D eigenvalue weighted by atomic mass is 16.5. The van der Waals surface area contributed by atoms with E-state index >= 15 is 0 Å². The number of para-hydroxylation sites is 1. The first-order valence-corrected chi connectivity index (χ1v) is 7.51. The molecule has 1 N–H and O–H groups in total. The smallest absolute Gasteiger partial charge is 0.0936 e. The Kier molecular flexibility index (Phi) is 3.88. The molecular weight excluding hydrogens is 248 g/mol. The molecule has 106 valence electrons. The Morgan fingerprint density at radius 2 is 2.20 bits per heavy atom. The van der Waals surface area contributed by atoms with Crippen LogP contribution in [0.25, 0.3) is 10.9 Å². The van der Waals surface area contributed by atoms with Gasteiger partial charge in [-0.15, -0.1) is 0 Å². The lowest BCUT2D eigenvalue weighted by molar-refractivity contribution is 0.00927. The fourth-order valence-corrected chi connectivity index (χ4v) is 2.88. The van der Waals surface area contributed by atoms with Crippen molar-refractivity contribution in [2.24, 2.45) is 0 Å². The second-order valence-electron chi connectivity index (χ2n) is 5.60. The first-order chi connectivity index (χ1) is 9.76. The number of benzene rings is 1. The average molecular weight is 270 g/mol. The van der Waals surface area contributed by atoms with E-state index in [4.69, 9.17) is 4.74 Å². The van der Waals surface area contributed by atoms with E-state index in [0.717, 1.165) is 42.8 Å². The molecule has 3 nitrogen and oxygen atoms in total. The lowest BCUT2D eigenvalue weighted by Gasteiger charge is -2.30. The van der Waals surface area contributed by atoms with Crippen LogP contribution in [0.4, 0.5) is 5.69 Å². The van der Waals surface area contributed by atoms with Crippen LogP contribution in [0.5, 0.6) is 0 Å². The summed E-state index contributed by atoms with van der Waals surface area (Å²) in [6.45, 7) is 5.08. The molecule has 3 rings (SSSR count).